The van der Waals surface area contributed by atoms with Gasteiger partial charge in [-0.1, -0.05) is 12.1 Å². The minimum Gasteiger partial charge on any atom is -0.465 e. The molecule has 1 unspecified atom stereocenters. The molecule has 5 nitrogen and oxygen atoms in total. The van der Waals surface area contributed by atoms with Crippen molar-refractivity contribution in [3.8, 4) is 0 Å². The molecule has 106 valence electrons. The Balaban J connectivity index is 2.52. The normalized spacial score (nSPS) is 13.0. The topological polar surface area (TPSA) is 72.5 Å². The Kier molecular flexibility index (Phi) is 5.50. The van der Waals surface area contributed by atoms with Crippen molar-refractivity contribution in [3.63, 3.8) is 0 Å². The first-order chi connectivity index (χ1) is 8.81. The van der Waals surface area contributed by atoms with E-state index in [0.717, 1.165) is 5.56 Å². The fourth-order valence-corrected chi connectivity index (χ4v) is 2.71. The van der Waals surface area contributed by atoms with E-state index in [-0.39, 0.29) is 17.8 Å². The van der Waals surface area contributed by atoms with Crippen LogP contribution in [0.25, 0.3) is 0 Å². The van der Waals surface area contributed by atoms with E-state index in [4.69, 9.17) is 0 Å². The Morgan fingerprint density at radius 2 is 1.89 bits per heavy atom. The van der Waals surface area contributed by atoms with E-state index in [2.05, 4.69) is 10.1 Å². The number of carbonyl (C=O) groups excluding carboxylic acids is 1. The lowest BCUT2D eigenvalue weighted by Gasteiger charge is -2.12. The van der Waals surface area contributed by atoms with Crippen molar-refractivity contribution in [2.75, 3.05) is 19.1 Å². The monoisotopic (exact) mass is 285 g/mol. The maximum atomic E-state index is 11.2. The highest BCUT2D eigenvalue weighted by atomic mass is 32.2. The first kappa shape index (κ1) is 15.7. The molecular formula is C13H19NO4S. The number of methoxy groups -OCH3 is 1. The maximum absolute atomic E-state index is 11.2. The van der Waals surface area contributed by atoms with Gasteiger partial charge in [-0.15, -0.1) is 0 Å². The van der Waals surface area contributed by atoms with Crippen LogP contribution >= 0.6 is 0 Å². The van der Waals surface area contributed by atoms with Crippen molar-refractivity contribution in [2.45, 2.75) is 19.5 Å². The second-order valence-electron chi connectivity index (χ2n) is 4.56. The van der Waals surface area contributed by atoms with E-state index in [1.54, 1.807) is 12.1 Å². The van der Waals surface area contributed by atoms with Gasteiger partial charge in [0.05, 0.1) is 18.4 Å². The molecule has 0 aromatic heterocycles. The zero-order chi connectivity index (χ0) is 14.5. The fraction of sp³-hybridized carbons (Fsp3) is 0.462. The molecule has 19 heavy (non-hydrogen) atoms. The van der Waals surface area contributed by atoms with E-state index in [0.29, 0.717) is 12.1 Å². The van der Waals surface area contributed by atoms with Gasteiger partial charge in [0.2, 0.25) is 0 Å². The molecule has 6 heteroatoms. The van der Waals surface area contributed by atoms with Gasteiger partial charge in [-0.05, 0) is 24.6 Å². The van der Waals surface area contributed by atoms with Crippen LogP contribution in [0, 0.1) is 0 Å². The highest BCUT2D eigenvalue weighted by molar-refractivity contribution is 7.90. The third-order valence-electron chi connectivity index (χ3n) is 2.58. The summed E-state index contributed by atoms with van der Waals surface area (Å²) in [6, 6.07) is 6.88. The average molecular weight is 285 g/mol. The van der Waals surface area contributed by atoms with Crippen LogP contribution in [-0.2, 0) is 21.1 Å². The van der Waals surface area contributed by atoms with Crippen molar-refractivity contribution in [1.29, 1.82) is 0 Å². The lowest BCUT2D eigenvalue weighted by atomic mass is 10.1. The Bertz CT molecular complexity index is 522. The smallest absolute Gasteiger partial charge is 0.337 e. The second kappa shape index (κ2) is 6.68. The molecule has 0 spiro atoms. The molecule has 1 rings (SSSR count). The third-order valence-corrected chi connectivity index (χ3v) is 3.69. The number of sulfone groups is 1. The number of hydrogen-bond donors (Lipinski definition) is 1. The van der Waals surface area contributed by atoms with Gasteiger partial charge in [0, 0.05) is 18.8 Å². The van der Waals surface area contributed by atoms with Crippen molar-refractivity contribution in [1.82, 2.24) is 5.32 Å². The maximum Gasteiger partial charge on any atom is 0.337 e. The standard InChI is InChI=1S/C13H19NO4S/c1-10(9-19(3,16)17)14-8-11-4-6-12(7-5-11)13(15)18-2/h4-7,10,14H,8-9H2,1-3H3. The van der Waals surface area contributed by atoms with E-state index >= 15 is 0 Å². The quantitative estimate of drug-likeness (QED) is 0.789. The van der Waals surface area contributed by atoms with Crippen LogP contribution in [-0.4, -0.2) is 39.5 Å². The lowest BCUT2D eigenvalue weighted by molar-refractivity contribution is 0.0600. The summed E-state index contributed by atoms with van der Waals surface area (Å²) in [4.78, 5) is 11.2. The van der Waals surface area contributed by atoms with Gasteiger partial charge >= 0.3 is 5.97 Å². The van der Waals surface area contributed by atoms with E-state index < -0.39 is 9.84 Å². The number of esters is 1. The van der Waals surface area contributed by atoms with Gasteiger partial charge in [0.1, 0.15) is 9.84 Å². The molecule has 0 aliphatic carbocycles. The summed E-state index contributed by atoms with van der Waals surface area (Å²) in [5, 5.41) is 3.12. The van der Waals surface area contributed by atoms with Crippen molar-refractivity contribution < 1.29 is 17.9 Å². The van der Waals surface area contributed by atoms with Crippen LogP contribution in [0.1, 0.15) is 22.8 Å². The van der Waals surface area contributed by atoms with Crippen molar-refractivity contribution in [2.24, 2.45) is 0 Å². The minimum absolute atomic E-state index is 0.104. The SMILES string of the molecule is COC(=O)c1ccc(CNC(C)CS(C)(=O)=O)cc1. The Morgan fingerprint density at radius 1 is 1.32 bits per heavy atom. The first-order valence-corrected chi connectivity index (χ1v) is 7.96. The van der Waals surface area contributed by atoms with Gasteiger partial charge in [-0.25, -0.2) is 13.2 Å². The molecule has 0 saturated carbocycles. The highest BCUT2D eigenvalue weighted by Gasteiger charge is 2.10. The molecule has 1 aromatic carbocycles. The highest BCUT2D eigenvalue weighted by Crippen LogP contribution is 2.06. The number of nitrogens with one attached hydrogen (secondary N) is 1. The summed E-state index contributed by atoms with van der Waals surface area (Å²) in [5.74, 6) is -0.266. The molecule has 0 amide bonds. The molecule has 0 aliphatic rings. The number of hydrogen-bond acceptors (Lipinski definition) is 5. The molecule has 0 fully saturated rings. The Morgan fingerprint density at radius 3 is 2.37 bits per heavy atom. The van der Waals surface area contributed by atoms with Crippen LogP contribution in [0.2, 0.25) is 0 Å². The number of carbonyl (C=O) groups is 1. The van der Waals surface area contributed by atoms with Gasteiger partial charge < -0.3 is 10.1 Å². The summed E-state index contributed by atoms with van der Waals surface area (Å²) in [6.45, 7) is 2.38. The third kappa shape index (κ3) is 5.85. The molecule has 0 aliphatic heterocycles. The average Bonchev–Trinajstić information content (AvgIpc) is 2.34. The van der Waals surface area contributed by atoms with Gasteiger partial charge in [0.15, 0.2) is 0 Å². The van der Waals surface area contributed by atoms with E-state index in [9.17, 15) is 13.2 Å². The lowest BCUT2D eigenvalue weighted by Crippen LogP contribution is -2.32. The van der Waals surface area contributed by atoms with Gasteiger partial charge in [-0.3, -0.25) is 0 Å². The number of rotatable bonds is 6. The van der Waals surface area contributed by atoms with Gasteiger partial charge in [-0.2, -0.15) is 0 Å². The molecular weight excluding hydrogens is 266 g/mol. The predicted octanol–water partition coefficient (Wildman–Crippen LogP) is 0.996. The molecule has 0 heterocycles. The van der Waals surface area contributed by atoms with Crippen LogP contribution in [0.3, 0.4) is 0 Å². The Labute approximate surface area is 113 Å². The van der Waals surface area contributed by atoms with E-state index in [1.807, 2.05) is 19.1 Å². The molecule has 1 N–H and O–H groups in total. The van der Waals surface area contributed by atoms with Crippen LogP contribution in [0.15, 0.2) is 24.3 Å². The second-order valence-corrected chi connectivity index (χ2v) is 6.75. The van der Waals surface area contributed by atoms with E-state index in [1.165, 1.54) is 13.4 Å². The van der Waals surface area contributed by atoms with Crippen LogP contribution < -0.4 is 5.32 Å². The summed E-state index contributed by atoms with van der Waals surface area (Å²) < 4.78 is 26.8. The Hall–Kier alpha value is -1.40. The molecule has 0 bridgehead atoms. The zero-order valence-corrected chi connectivity index (χ0v) is 12.2. The summed E-state index contributed by atoms with van der Waals surface area (Å²) >= 11 is 0. The summed E-state index contributed by atoms with van der Waals surface area (Å²) in [6.07, 6.45) is 1.22. The zero-order valence-electron chi connectivity index (χ0n) is 11.3. The van der Waals surface area contributed by atoms with Crippen molar-refractivity contribution in [3.05, 3.63) is 35.4 Å². The molecule has 0 radical (unpaired) electrons. The molecule has 1 atom stereocenters. The number of benzene rings is 1. The van der Waals surface area contributed by atoms with Crippen LogP contribution in [0.5, 0.6) is 0 Å². The summed E-state index contributed by atoms with van der Waals surface area (Å²) in [7, 11) is -1.63. The summed E-state index contributed by atoms with van der Waals surface area (Å²) in [5.41, 5.74) is 1.48. The van der Waals surface area contributed by atoms with Crippen LogP contribution in [0.4, 0.5) is 0 Å². The molecule has 1 aromatic rings. The minimum atomic E-state index is -2.97. The van der Waals surface area contributed by atoms with Gasteiger partial charge in [0.25, 0.3) is 0 Å². The number of ether oxygens (including phenoxy) is 1. The fourth-order valence-electron chi connectivity index (χ4n) is 1.68. The first-order valence-electron chi connectivity index (χ1n) is 5.90. The molecule has 0 saturated heterocycles. The largest absolute Gasteiger partial charge is 0.465 e. The predicted molar refractivity (Wildman–Crippen MR) is 73.8 cm³/mol. The van der Waals surface area contributed by atoms with Crippen molar-refractivity contribution >= 4 is 15.8 Å².